The van der Waals surface area contributed by atoms with Crippen LogP contribution in [0.5, 0.6) is 0 Å². The molecule has 1 heterocycles. The minimum Gasteiger partial charge on any atom is -0.359 e. The van der Waals surface area contributed by atoms with Gasteiger partial charge in [0.1, 0.15) is 0 Å². The van der Waals surface area contributed by atoms with Crippen molar-refractivity contribution in [3.05, 3.63) is 0 Å². The molecular formula is C18H36N2. The maximum Gasteiger partial charge on any atom is 0.0990 e. The lowest BCUT2D eigenvalue weighted by molar-refractivity contribution is 0.422. The van der Waals surface area contributed by atoms with E-state index in [1.807, 2.05) is 0 Å². The molecule has 0 aromatic rings. The van der Waals surface area contributed by atoms with E-state index in [9.17, 15) is 0 Å². The molecule has 1 rings (SSSR count). The van der Waals surface area contributed by atoms with Crippen LogP contribution in [0.25, 0.3) is 0 Å². The van der Waals surface area contributed by atoms with Crippen LogP contribution in [-0.4, -0.2) is 30.4 Å². The lowest BCUT2D eigenvalue weighted by Gasteiger charge is -2.20. The van der Waals surface area contributed by atoms with E-state index in [0.29, 0.717) is 0 Å². The van der Waals surface area contributed by atoms with E-state index in [-0.39, 0.29) is 0 Å². The molecule has 0 unspecified atom stereocenters. The maximum absolute atomic E-state index is 4.68. The van der Waals surface area contributed by atoms with Gasteiger partial charge in [-0.25, -0.2) is 0 Å². The quantitative estimate of drug-likeness (QED) is 0.411. The van der Waals surface area contributed by atoms with Crippen LogP contribution >= 0.6 is 0 Å². The van der Waals surface area contributed by atoms with Gasteiger partial charge in [0.2, 0.25) is 0 Å². The van der Waals surface area contributed by atoms with Crippen LogP contribution < -0.4 is 0 Å². The predicted molar refractivity (Wildman–Crippen MR) is 90.6 cm³/mol. The Balaban J connectivity index is 1.97. The number of rotatable bonds is 13. The first-order valence-electron chi connectivity index (χ1n) is 9.16. The van der Waals surface area contributed by atoms with Gasteiger partial charge in [-0.05, 0) is 12.8 Å². The van der Waals surface area contributed by atoms with Crippen LogP contribution in [0.1, 0.15) is 90.9 Å². The number of hydrogen-bond donors (Lipinski definition) is 0. The summed E-state index contributed by atoms with van der Waals surface area (Å²) in [5, 5.41) is 0. The van der Waals surface area contributed by atoms with Crippen molar-refractivity contribution in [2.75, 3.05) is 19.6 Å². The average molecular weight is 280 g/mol. The molecule has 0 aromatic heterocycles. The highest BCUT2D eigenvalue weighted by Crippen LogP contribution is 2.13. The van der Waals surface area contributed by atoms with Crippen molar-refractivity contribution in [3.8, 4) is 0 Å². The Morgan fingerprint density at radius 1 is 0.800 bits per heavy atom. The van der Waals surface area contributed by atoms with Gasteiger partial charge >= 0.3 is 0 Å². The molecule has 0 fully saturated rings. The second-order valence-corrected chi connectivity index (χ2v) is 6.22. The average Bonchev–Trinajstić information content (AvgIpc) is 2.90. The third-order valence-electron chi connectivity index (χ3n) is 4.31. The van der Waals surface area contributed by atoms with Gasteiger partial charge < -0.3 is 4.90 Å². The minimum absolute atomic E-state index is 1.04. The largest absolute Gasteiger partial charge is 0.359 e. The molecule has 0 radical (unpaired) electrons. The Bertz CT molecular complexity index is 248. The van der Waals surface area contributed by atoms with E-state index >= 15 is 0 Å². The maximum atomic E-state index is 4.68. The number of nitrogens with zero attached hydrogens (tertiary/aromatic N) is 2. The van der Waals surface area contributed by atoms with Gasteiger partial charge in [-0.2, -0.15) is 0 Å². The molecule has 0 aromatic carbocycles. The molecular weight excluding hydrogens is 244 g/mol. The molecule has 118 valence electrons. The van der Waals surface area contributed by atoms with Crippen LogP contribution in [0.4, 0.5) is 0 Å². The molecule has 2 nitrogen and oxygen atoms in total. The third-order valence-corrected chi connectivity index (χ3v) is 4.31. The van der Waals surface area contributed by atoms with Crippen molar-refractivity contribution < 1.29 is 0 Å². The normalized spacial score (nSPS) is 14.9. The highest BCUT2D eigenvalue weighted by molar-refractivity contribution is 5.83. The lowest BCUT2D eigenvalue weighted by Crippen LogP contribution is -2.28. The monoisotopic (exact) mass is 280 g/mol. The Morgan fingerprint density at radius 2 is 1.40 bits per heavy atom. The van der Waals surface area contributed by atoms with Crippen LogP contribution in [0.2, 0.25) is 0 Å². The van der Waals surface area contributed by atoms with Gasteiger partial charge in [-0.3, -0.25) is 4.99 Å². The SMILES string of the molecule is CCCCCCCCCCN1CCN=C1CCCCC. The molecule has 0 aliphatic carbocycles. The molecule has 1 aliphatic rings. The highest BCUT2D eigenvalue weighted by atomic mass is 15.2. The summed E-state index contributed by atoms with van der Waals surface area (Å²) in [6.07, 6.45) is 16.5. The molecule has 0 saturated heterocycles. The highest BCUT2D eigenvalue weighted by Gasteiger charge is 2.15. The van der Waals surface area contributed by atoms with Crippen molar-refractivity contribution in [1.82, 2.24) is 4.90 Å². The number of aliphatic imine (C=N–C) groups is 1. The van der Waals surface area contributed by atoms with Crippen molar-refractivity contribution in [1.29, 1.82) is 0 Å². The molecule has 20 heavy (non-hydrogen) atoms. The topological polar surface area (TPSA) is 15.6 Å². The first-order chi connectivity index (χ1) is 9.88. The molecule has 2 heteroatoms. The Labute approximate surface area is 127 Å². The van der Waals surface area contributed by atoms with Gasteiger partial charge in [0.25, 0.3) is 0 Å². The zero-order valence-electron chi connectivity index (χ0n) is 14.0. The zero-order chi connectivity index (χ0) is 14.5. The summed E-state index contributed by atoms with van der Waals surface area (Å²) in [5.74, 6) is 1.40. The summed E-state index contributed by atoms with van der Waals surface area (Å²) in [6, 6.07) is 0. The van der Waals surface area contributed by atoms with E-state index < -0.39 is 0 Å². The van der Waals surface area contributed by atoms with E-state index in [1.54, 1.807) is 0 Å². The van der Waals surface area contributed by atoms with E-state index in [2.05, 4.69) is 23.7 Å². The molecule has 0 amide bonds. The molecule has 0 atom stereocenters. The van der Waals surface area contributed by atoms with Gasteiger partial charge in [-0.15, -0.1) is 0 Å². The fourth-order valence-electron chi connectivity index (χ4n) is 2.98. The summed E-state index contributed by atoms with van der Waals surface area (Å²) in [6.45, 7) is 8.03. The van der Waals surface area contributed by atoms with Gasteiger partial charge in [-0.1, -0.05) is 71.6 Å². The first kappa shape index (κ1) is 17.5. The smallest absolute Gasteiger partial charge is 0.0990 e. The Hall–Kier alpha value is -0.530. The summed E-state index contributed by atoms with van der Waals surface area (Å²) >= 11 is 0. The first-order valence-corrected chi connectivity index (χ1v) is 9.16. The van der Waals surface area contributed by atoms with E-state index in [4.69, 9.17) is 0 Å². The Morgan fingerprint density at radius 3 is 2.10 bits per heavy atom. The standard InChI is InChI=1S/C18H36N2/c1-3-5-7-8-9-10-11-13-16-20-17-15-19-18(20)14-12-6-4-2/h3-17H2,1-2H3. The minimum atomic E-state index is 1.04. The number of amidine groups is 1. The fourth-order valence-corrected chi connectivity index (χ4v) is 2.98. The third kappa shape index (κ3) is 7.91. The van der Waals surface area contributed by atoms with Crippen molar-refractivity contribution >= 4 is 5.84 Å². The van der Waals surface area contributed by atoms with Gasteiger partial charge in [0.05, 0.1) is 12.4 Å². The molecule has 0 spiro atoms. The van der Waals surface area contributed by atoms with Gasteiger partial charge in [0.15, 0.2) is 0 Å². The summed E-state index contributed by atoms with van der Waals surface area (Å²) in [4.78, 5) is 7.23. The lowest BCUT2D eigenvalue weighted by atomic mass is 10.1. The predicted octanol–water partition coefficient (Wildman–Crippen LogP) is 5.42. The second-order valence-electron chi connectivity index (χ2n) is 6.22. The molecule has 0 bridgehead atoms. The molecule has 0 N–H and O–H groups in total. The second kappa shape index (κ2) is 12.2. The molecule has 1 aliphatic heterocycles. The van der Waals surface area contributed by atoms with Crippen molar-refractivity contribution in [2.45, 2.75) is 90.9 Å². The van der Waals surface area contributed by atoms with Crippen molar-refractivity contribution in [3.63, 3.8) is 0 Å². The van der Waals surface area contributed by atoms with Crippen LogP contribution in [-0.2, 0) is 0 Å². The Kier molecular flexibility index (Phi) is 10.7. The van der Waals surface area contributed by atoms with Crippen LogP contribution in [0.3, 0.4) is 0 Å². The number of hydrogen-bond acceptors (Lipinski definition) is 2. The van der Waals surface area contributed by atoms with Crippen LogP contribution in [0.15, 0.2) is 4.99 Å². The summed E-state index contributed by atoms with van der Waals surface area (Å²) in [7, 11) is 0. The van der Waals surface area contributed by atoms with Crippen LogP contribution in [0, 0.1) is 0 Å². The summed E-state index contributed by atoms with van der Waals surface area (Å²) in [5.41, 5.74) is 0. The number of unbranched alkanes of at least 4 members (excludes halogenated alkanes) is 9. The van der Waals surface area contributed by atoms with Gasteiger partial charge in [0, 0.05) is 19.5 Å². The zero-order valence-corrected chi connectivity index (χ0v) is 14.0. The van der Waals surface area contributed by atoms with E-state index in [0.717, 1.165) is 6.54 Å². The van der Waals surface area contributed by atoms with Crippen molar-refractivity contribution in [2.24, 2.45) is 4.99 Å². The van der Waals surface area contributed by atoms with E-state index in [1.165, 1.54) is 96.0 Å². The molecule has 0 saturated carbocycles. The fraction of sp³-hybridized carbons (Fsp3) is 0.944. The summed E-state index contributed by atoms with van der Waals surface area (Å²) < 4.78 is 0.